The van der Waals surface area contributed by atoms with Crippen molar-refractivity contribution in [3.8, 4) is 0 Å². The Morgan fingerprint density at radius 3 is 2.54 bits per heavy atom. The van der Waals surface area contributed by atoms with E-state index in [2.05, 4.69) is 161 Å². The van der Waals surface area contributed by atoms with Gasteiger partial charge in [0, 0.05) is 44.4 Å². The fourth-order valence-corrected chi connectivity index (χ4v) is 11.5. The van der Waals surface area contributed by atoms with Gasteiger partial charge in [0.1, 0.15) is 11.2 Å². The van der Waals surface area contributed by atoms with Crippen LogP contribution in [0.25, 0.3) is 27.5 Å². The number of furan rings is 1. The van der Waals surface area contributed by atoms with Crippen LogP contribution in [0.3, 0.4) is 0 Å². The van der Waals surface area contributed by atoms with Crippen LogP contribution in [0.4, 0.5) is 22.7 Å². The molecule has 0 bridgehead atoms. The molecule has 0 amide bonds. The number of hydrogen-bond acceptors (Lipinski definition) is 4. The van der Waals surface area contributed by atoms with E-state index >= 15 is 0 Å². The van der Waals surface area contributed by atoms with Crippen molar-refractivity contribution in [1.82, 2.24) is 0 Å². The number of rotatable bonds is 5. The van der Waals surface area contributed by atoms with Gasteiger partial charge in [0.15, 0.2) is 0 Å². The van der Waals surface area contributed by atoms with Gasteiger partial charge in [-0.1, -0.05) is 91.0 Å². The molecule has 256 valence electrons. The summed E-state index contributed by atoms with van der Waals surface area (Å²) in [6.07, 6.45) is 20.9. The fraction of sp³-hybridized carbons (Fsp3) is 0.250. The highest BCUT2D eigenvalue weighted by atomic mass is 32.2. The van der Waals surface area contributed by atoms with Crippen molar-refractivity contribution >= 4 is 62.0 Å². The first kappa shape index (κ1) is 30.7. The first-order valence-corrected chi connectivity index (χ1v) is 20.2. The topological polar surface area (TPSA) is 19.6 Å². The summed E-state index contributed by atoms with van der Waals surface area (Å²) in [7, 11) is 0. The van der Waals surface area contributed by atoms with E-state index in [1.807, 2.05) is 0 Å². The van der Waals surface area contributed by atoms with E-state index < -0.39 is 0 Å². The van der Waals surface area contributed by atoms with Crippen molar-refractivity contribution in [2.45, 2.75) is 79.0 Å². The lowest BCUT2D eigenvalue weighted by Gasteiger charge is -2.40. The zero-order valence-electron chi connectivity index (χ0n) is 29.3. The molecule has 1 aromatic heterocycles. The highest BCUT2D eigenvalue weighted by Crippen LogP contribution is 2.56. The zero-order chi connectivity index (χ0) is 34.2. The number of nitrogens with zero attached hydrogens (tertiary/aromatic N) is 2. The third-order valence-electron chi connectivity index (χ3n) is 12.4. The molecule has 6 aromatic rings. The van der Waals surface area contributed by atoms with Crippen LogP contribution in [0.15, 0.2) is 149 Å². The van der Waals surface area contributed by atoms with Crippen molar-refractivity contribution in [2.75, 3.05) is 9.80 Å². The summed E-state index contributed by atoms with van der Waals surface area (Å²) < 4.78 is 6.51. The van der Waals surface area contributed by atoms with Gasteiger partial charge in [0.2, 0.25) is 0 Å². The summed E-state index contributed by atoms with van der Waals surface area (Å²) in [6, 6.07) is 41.2. The van der Waals surface area contributed by atoms with Crippen LogP contribution < -0.4 is 9.80 Å². The van der Waals surface area contributed by atoms with Crippen LogP contribution in [-0.4, -0.2) is 17.3 Å². The molecule has 0 saturated heterocycles. The fourth-order valence-electron chi connectivity index (χ4n) is 10.1. The molecule has 0 fully saturated rings. The van der Waals surface area contributed by atoms with Crippen molar-refractivity contribution in [1.29, 1.82) is 0 Å². The maximum atomic E-state index is 6.51. The van der Waals surface area contributed by atoms with Crippen LogP contribution in [0.2, 0.25) is 0 Å². The Bertz CT molecular complexity index is 2440. The number of anilines is 4. The maximum absolute atomic E-state index is 6.51. The smallest absolute Gasteiger partial charge is 0.137 e. The lowest BCUT2D eigenvalue weighted by molar-refractivity contribution is 0.523. The lowest BCUT2D eigenvalue weighted by Crippen LogP contribution is -2.39. The minimum absolute atomic E-state index is 0.160. The summed E-state index contributed by atoms with van der Waals surface area (Å²) in [5.41, 5.74) is 13.0. The third-order valence-corrected chi connectivity index (χ3v) is 13.8. The highest BCUT2D eigenvalue weighted by Gasteiger charge is 2.44. The van der Waals surface area contributed by atoms with Crippen molar-refractivity contribution in [3.05, 3.63) is 156 Å². The van der Waals surface area contributed by atoms with Crippen LogP contribution in [-0.2, 0) is 0 Å². The summed E-state index contributed by atoms with van der Waals surface area (Å²) in [5, 5.41) is 2.99. The Morgan fingerprint density at radius 2 is 1.62 bits per heavy atom. The van der Waals surface area contributed by atoms with Gasteiger partial charge in [-0.3, -0.25) is 0 Å². The molecule has 3 nitrogen and oxygen atoms in total. The van der Waals surface area contributed by atoms with Gasteiger partial charge in [0.05, 0.1) is 23.2 Å². The zero-order valence-corrected chi connectivity index (χ0v) is 30.1. The van der Waals surface area contributed by atoms with Crippen LogP contribution >= 0.6 is 11.8 Å². The van der Waals surface area contributed by atoms with Crippen LogP contribution in [0.5, 0.6) is 0 Å². The Hall–Kier alpha value is -4.93. The van der Waals surface area contributed by atoms with Gasteiger partial charge in [-0.2, -0.15) is 0 Å². The number of fused-ring (bicyclic) bond motifs is 9. The van der Waals surface area contributed by atoms with E-state index in [-0.39, 0.29) is 12.1 Å². The second-order valence-corrected chi connectivity index (χ2v) is 16.5. The van der Waals surface area contributed by atoms with E-state index in [1.165, 1.54) is 99.2 Å². The molecule has 0 saturated carbocycles. The average Bonchev–Trinajstić information content (AvgIpc) is 3.88. The molecule has 52 heavy (non-hydrogen) atoms. The Morgan fingerprint density at radius 1 is 0.750 bits per heavy atom. The second-order valence-electron chi connectivity index (χ2n) is 15.2. The summed E-state index contributed by atoms with van der Waals surface area (Å²) >= 11 is 2.09. The van der Waals surface area contributed by atoms with Crippen molar-refractivity contribution < 1.29 is 4.42 Å². The number of benzene rings is 5. The molecule has 5 unspecified atom stereocenters. The molecule has 0 spiro atoms. The highest BCUT2D eigenvalue weighted by molar-refractivity contribution is 8.00. The molecule has 5 aliphatic rings. The van der Waals surface area contributed by atoms with Gasteiger partial charge < -0.3 is 14.2 Å². The van der Waals surface area contributed by atoms with Gasteiger partial charge in [-0.25, -0.2) is 0 Å². The number of para-hydroxylation sites is 2. The summed E-state index contributed by atoms with van der Waals surface area (Å²) in [6.45, 7) is 0. The van der Waals surface area contributed by atoms with E-state index in [0.717, 1.165) is 17.6 Å². The minimum Gasteiger partial charge on any atom is -0.456 e. The maximum Gasteiger partial charge on any atom is 0.137 e. The van der Waals surface area contributed by atoms with E-state index in [1.54, 1.807) is 0 Å². The number of thioether (sulfide) groups is 1. The second kappa shape index (κ2) is 12.3. The van der Waals surface area contributed by atoms with E-state index in [0.29, 0.717) is 17.1 Å². The average molecular weight is 695 g/mol. The summed E-state index contributed by atoms with van der Waals surface area (Å²) in [5.74, 6) is 0.789. The largest absolute Gasteiger partial charge is 0.456 e. The SMILES string of the molecule is C1=CC2c3c(cccc3N(c3cccc4oc5ccccc5c34)C3C=CC4C(C3)c3ccc(C5=CCCCC5)cc3N4c3ccccc3)SC2CC1. The minimum atomic E-state index is 0.160. The molecular formula is C48H42N2OS. The van der Waals surface area contributed by atoms with Gasteiger partial charge >= 0.3 is 0 Å². The van der Waals surface area contributed by atoms with Crippen molar-refractivity contribution in [2.24, 2.45) is 0 Å². The number of hydrogen-bond donors (Lipinski definition) is 0. The van der Waals surface area contributed by atoms with E-state index in [4.69, 9.17) is 4.42 Å². The number of allylic oxidation sites excluding steroid dienone is 4. The van der Waals surface area contributed by atoms with Gasteiger partial charge in [0.25, 0.3) is 0 Å². The van der Waals surface area contributed by atoms with Gasteiger partial charge in [-0.05, 0) is 116 Å². The predicted molar refractivity (Wildman–Crippen MR) is 219 cm³/mol. The van der Waals surface area contributed by atoms with Gasteiger partial charge in [-0.15, -0.1) is 11.8 Å². The monoisotopic (exact) mass is 694 g/mol. The molecule has 3 heterocycles. The van der Waals surface area contributed by atoms with E-state index in [9.17, 15) is 0 Å². The normalized spacial score (nSPS) is 24.4. The molecule has 0 radical (unpaired) electrons. The lowest BCUT2D eigenvalue weighted by atomic mass is 9.82. The quantitative estimate of drug-likeness (QED) is 0.167. The molecule has 3 aliphatic carbocycles. The summed E-state index contributed by atoms with van der Waals surface area (Å²) in [4.78, 5) is 6.77. The molecular weight excluding hydrogens is 653 g/mol. The molecule has 5 atom stereocenters. The molecule has 11 rings (SSSR count). The van der Waals surface area contributed by atoms with Crippen LogP contribution in [0, 0.1) is 0 Å². The molecule has 0 N–H and O–H groups in total. The standard InChI is InChI=1S/C48H42N2OS/c1-3-13-31(14-4-1)32-25-27-35-38-30-34(26-28-39(38)49(42(35)29-32)33-15-5-2-6-16-33)50(40-19-11-22-44-47(40)36-17-7-9-21-43(36)51-44)41-20-12-24-46-48(41)37-18-8-10-23-45(37)52-46/h2,5-9,11-13,15-22,24-29,34,37-39,45H,1,3-4,10,14,23,30H2. The Labute approximate surface area is 310 Å². The predicted octanol–water partition coefficient (Wildman–Crippen LogP) is 13.2. The Kier molecular flexibility index (Phi) is 7.28. The van der Waals surface area contributed by atoms with Crippen molar-refractivity contribution in [3.63, 3.8) is 0 Å². The molecule has 5 aromatic carbocycles. The Balaban J connectivity index is 1.09. The molecule has 4 heteroatoms. The first-order valence-electron chi connectivity index (χ1n) is 19.3. The first-order chi connectivity index (χ1) is 25.8. The third kappa shape index (κ3) is 4.80. The van der Waals surface area contributed by atoms with Crippen LogP contribution in [0.1, 0.15) is 73.5 Å². The molecule has 2 aliphatic heterocycles.